The quantitative estimate of drug-likeness (QED) is 0.351. The van der Waals surface area contributed by atoms with Crippen molar-refractivity contribution in [2.45, 2.75) is 25.9 Å². The van der Waals surface area contributed by atoms with Gasteiger partial charge in [0.1, 0.15) is 5.75 Å². The first-order valence-corrected chi connectivity index (χ1v) is 9.03. The Morgan fingerprint density at radius 1 is 1.13 bits per heavy atom. The average molecular weight is 534 g/mol. The molecule has 6 nitrogen and oxygen atoms in total. The first kappa shape index (κ1) is 23.8. The predicted molar refractivity (Wildman–Crippen MR) is 117 cm³/mol. The fourth-order valence-corrected chi connectivity index (χ4v) is 3.02. The van der Waals surface area contributed by atoms with E-state index in [4.69, 9.17) is 5.73 Å². The van der Waals surface area contributed by atoms with E-state index in [9.17, 15) is 18.0 Å². The fraction of sp³-hybridized carbons (Fsp3) is 0.300. The van der Waals surface area contributed by atoms with Crippen LogP contribution in [-0.4, -0.2) is 36.2 Å². The highest BCUT2D eigenvalue weighted by Crippen LogP contribution is 2.23. The predicted octanol–water partition coefficient (Wildman–Crippen LogP) is 3.19. The Kier molecular flexibility index (Phi) is 8.33. The molecule has 3 N–H and O–H groups in total. The van der Waals surface area contributed by atoms with Gasteiger partial charge in [0.15, 0.2) is 5.96 Å². The van der Waals surface area contributed by atoms with E-state index in [1.165, 1.54) is 29.8 Å². The second-order valence-corrected chi connectivity index (χ2v) is 6.58. The van der Waals surface area contributed by atoms with Crippen molar-refractivity contribution < 1.29 is 22.7 Å². The van der Waals surface area contributed by atoms with Crippen LogP contribution in [0.15, 0.2) is 53.5 Å². The van der Waals surface area contributed by atoms with E-state index >= 15 is 0 Å². The van der Waals surface area contributed by atoms with Crippen molar-refractivity contribution in [3.05, 3.63) is 65.2 Å². The van der Waals surface area contributed by atoms with E-state index in [0.29, 0.717) is 18.7 Å². The standard InChI is InChI=1S/C20H21F3N4O2.HI/c21-20(22,23)29-17-7-5-14(6-8-17)11-25-19(24)26-12-18(28)27-10-9-15-3-1-2-4-16(15)13-27;/h1-8H,9-13H2,(H3,24,25,26);1H. The van der Waals surface area contributed by atoms with E-state index < -0.39 is 6.36 Å². The summed E-state index contributed by atoms with van der Waals surface area (Å²) in [7, 11) is 0. The lowest BCUT2D eigenvalue weighted by Gasteiger charge is -2.29. The van der Waals surface area contributed by atoms with Crippen LogP contribution in [0.25, 0.3) is 0 Å². The molecular weight excluding hydrogens is 512 g/mol. The van der Waals surface area contributed by atoms with Gasteiger partial charge in [0.2, 0.25) is 5.91 Å². The highest BCUT2D eigenvalue weighted by atomic mass is 127. The summed E-state index contributed by atoms with van der Waals surface area (Å²) in [5.74, 6) is -0.289. The van der Waals surface area contributed by atoms with Crippen molar-refractivity contribution in [1.82, 2.24) is 10.2 Å². The number of rotatable bonds is 5. The van der Waals surface area contributed by atoms with Crippen LogP contribution in [0.3, 0.4) is 0 Å². The van der Waals surface area contributed by atoms with Crippen LogP contribution < -0.4 is 15.8 Å². The highest BCUT2D eigenvalue weighted by Gasteiger charge is 2.30. The normalized spacial score (nSPS) is 13.8. The van der Waals surface area contributed by atoms with Gasteiger partial charge in [0, 0.05) is 13.1 Å². The molecule has 1 aliphatic rings. The Balaban J connectivity index is 0.00000320. The van der Waals surface area contributed by atoms with E-state index in [2.05, 4.69) is 21.1 Å². The number of fused-ring (bicyclic) bond motifs is 1. The molecule has 0 spiro atoms. The van der Waals surface area contributed by atoms with Crippen LogP contribution in [0.4, 0.5) is 13.2 Å². The summed E-state index contributed by atoms with van der Waals surface area (Å²) in [4.78, 5) is 18.3. The minimum atomic E-state index is -4.73. The first-order valence-electron chi connectivity index (χ1n) is 9.03. The average Bonchev–Trinajstić information content (AvgIpc) is 2.70. The number of nitrogens with two attached hydrogens (primary N) is 1. The molecule has 2 aromatic rings. The summed E-state index contributed by atoms with van der Waals surface area (Å²) in [6, 6.07) is 13.4. The zero-order valence-corrected chi connectivity index (χ0v) is 18.3. The second kappa shape index (κ2) is 10.5. The van der Waals surface area contributed by atoms with Gasteiger partial charge in [-0.05, 0) is 35.2 Å². The van der Waals surface area contributed by atoms with Crippen LogP contribution >= 0.6 is 24.0 Å². The molecule has 1 aliphatic heterocycles. The van der Waals surface area contributed by atoms with Crippen molar-refractivity contribution in [2.24, 2.45) is 10.7 Å². The van der Waals surface area contributed by atoms with E-state index in [1.807, 2.05) is 18.2 Å². The molecule has 162 valence electrons. The van der Waals surface area contributed by atoms with Gasteiger partial charge in [0.05, 0.1) is 13.1 Å². The van der Waals surface area contributed by atoms with Crippen molar-refractivity contribution in [3.8, 4) is 5.75 Å². The minimum Gasteiger partial charge on any atom is -0.406 e. The lowest BCUT2D eigenvalue weighted by atomic mass is 10.00. The number of carbonyl (C=O) groups excluding carboxylic acids is 1. The molecule has 10 heteroatoms. The zero-order valence-electron chi connectivity index (χ0n) is 16.0. The Labute approximate surface area is 189 Å². The number of amides is 1. The molecule has 0 fully saturated rings. The smallest absolute Gasteiger partial charge is 0.406 e. The van der Waals surface area contributed by atoms with E-state index in [0.717, 1.165) is 12.0 Å². The summed E-state index contributed by atoms with van der Waals surface area (Å²) in [6.45, 7) is 1.41. The molecule has 1 amide bonds. The molecule has 30 heavy (non-hydrogen) atoms. The second-order valence-electron chi connectivity index (χ2n) is 6.58. The minimum absolute atomic E-state index is 0. The molecule has 1 heterocycles. The molecule has 0 aromatic heterocycles. The lowest BCUT2D eigenvalue weighted by Crippen LogP contribution is -2.44. The number of nitrogens with zero attached hydrogens (tertiary/aromatic N) is 2. The fourth-order valence-electron chi connectivity index (χ4n) is 3.02. The first-order chi connectivity index (χ1) is 13.8. The number of aliphatic imine (C=N–C) groups is 1. The Bertz CT molecular complexity index is 888. The molecule has 0 atom stereocenters. The molecule has 0 bridgehead atoms. The van der Waals surface area contributed by atoms with Gasteiger partial charge >= 0.3 is 6.36 Å². The molecule has 0 aliphatic carbocycles. The molecule has 3 rings (SSSR count). The Morgan fingerprint density at radius 2 is 1.80 bits per heavy atom. The van der Waals surface area contributed by atoms with Gasteiger partial charge in [0.25, 0.3) is 0 Å². The maximum atomic E-state index is 12.4. The number of ether oxygens (including phenoxy) is 1. The maximum absolute atomic E-state index is 12.4. The maximum Gasteiger partial charge on any atom is 0.573 e. The third-order valence-electron chi connectivity index (χ3n) is 4.49. The number of alkyl halides is 3. The summed E-state index contributed by atoms with van der Waals surface area (Å²) in [5, 5.41) is 2.78. The molecule has 0 saturated carbocycles. The largest absolute Gasteiger partial charge is 0.573 e. The number of guanidine groups is 1. The molecule has 0 unspecified atom stereocenters. The summed E-state index contributed by atoms with van der Waals surface area (Å²) in [5.41, 5.74) is 8.85. The van der Waals surface area contributed by atoms with Gasteiger partial charge in [-0.1, -0.05) is 36.4 Å². The number of carbonyl (C=O) groups is 1. The van der Waals surface area contributed by atoms with Crippen LogP contribution in [-0.2, 0) is 24.3 Å². The summed E-state index contributed by atoms with van der Waals surface area (Å²) < 4.78 is 40.3. The van der Waals surface area contributed by atoms with E-state index in [-0.39, 0.29) is 54.7 Å². The number of benzene rings is 2. The third-order valence-corrected chi connectivity index (χ3v) is 4.49. The van der Waals surface area contributed by atoms with Gasteiger partial charge in [-0.3, -0.25) is 4.79 Å². The number of halogens is 4. The van der Waals surface area contributed by atoms with Crippen LogP contribution in [0, 0.1) is 0 Å². The van der Waals surface area contributed by atoms with Crippen molar-refractivity contribution in [1.29, 1.82) is 0 Å². The zero-order chi connectivity index (χ0) is 20.9. The van der Waals surface area contributed by atoms with Crippen molar-refractivity contribution in [3.63, 3.8) is 0 Å². The lowest BCUT2D eigenvalue weighted by molar-refractivity contribution is -0.274. The SMILES string of the molecule is I.NC(=NCc1ccc(OC(F)(F)F)cc1)NCC(=O)N1CCc2ccccc2C1. The molecule has 0 radical (unpaired) electrons. The van der Waals surface area contributed by atoms with Crippen LogP contribution in [0.1, 0.15) is 16.7 Å². The monoisotopic (exact) mass is 534 g/mol. The Morgan fingerprint density at radius 3 is 2.47 bits per heavy atom. The van der Waals surface area contributed by atoms with E-state index in [1.54, 1.807) is 4.90 Å². The topological polar surface area (TPSA) is 80.0 Å². The Hall–Kier alpha value is -2.50. The van der Waals surface area contributed by atoms with Gasteiger partial charge < -0.3 is 20.7 Å². The summed E-state index contributed by atoms with van der Waals surface area (Å²) >= 11 is 0. The number of hydrogen-bond acceptors (Lipinski definition) is 3. The molecular formula is C20H22F3IN4O2. The third kappa shape index (κ3) is 7.08. The molecule has 2 aromatic carbocycles. The van der Waals surface area contributed by atoms with Gasteiger partial charge in [-0.15, -0.1) is 37.1 Å². The highest BCUT2D eigenvalue weighted by molar-refractivity contribution is 14.0. The van der Waals surface area contributed by atoms with Crippen LogP contribution in [0.2, 0.25) is 0 Å². The number of nitrogens with one attached hydrogen (secondary N) is 1. The van der Waals surface area contributed by atoms with Gasteiger partial charge in [-0.25, -0.2) is 4.99 Å². The van der Waals surface area contributed by atoms with Crippen molar-refractivity contribution >= 4 is 35.8 Å². The van der Waals surface area contributed by atoms with Gasteiger partial charge in [-0.2, -0.15) is 0 Å². The number of hydrogen-bond donors (Lipinski definition) is 2. The summed E-state index contributed by atoms with van der Waals surface area (Å²) in [6.07, 6.45) is -3.91. The molecule has 0 saturated heterocycles. The van der Waals surface area contributed by atoms with Crippen molar-refractivity contribution in [2.75, 3.05) is 13.1 Å². The van der Waals surface area contributed by atoms with Crippen LogP contribution in [0.5, 0.6) is 5.75 Å².